The third-order valence-corrected chi connectivity index (χ3v) is 5.75. The van der Waals surface area contributed by atoms with E-state index in [1.165, 1.54) is 6.07 Å². The minimum Gasteiger partial charge on any atom is -0.374 e. The number of halogens is 7. The van der Waals surface area contributed by atoms with Gasteiger partial charge in [0.05, 0.1) is 11.1 Å². The highest BCUT2D eigenvalue weighted by atomic mass is 19.4. The Balaban J connectivity index is 1.57. The first kappa shape index (κ1) is 22.3. The number of aromatic nitrogens is 3. The number of H-pyrrole nitrogens is 1. The van der Waals surface area contributed by atoms with Crippen molar-refractivity contribution < 1.29 is 40.6 Å². The molecule has 0 aromatic carbocycles. The molecule has 0 aliphatic carbocycles. The van der Waals surface area contributed by atoms with Crippen molar-refractivity contribution >= 4 is 17.5 Å². The van der Waals surface area contributed by atoms with E-state index in [1.54, 1.807) is 4.90 Å². The topological polar surface area (TPSA) is 94.1 Å². The summed E-state index contributed by atoms with van der Waals surface area (Å²) >= 11 is 0. The maximum atomic E-state index is 14.3. The van der Waals surface area contributed by atoms with Gasteiger partial charge in [-0.25, -0.2) is 9.37 Å². The van der Waals surface area contributed by atoms with Crippen LogP contribution >= 0.6 is 0 Å². The van der Waals surface area contributed by atoms with Crippen LogP contribution in [0.1, 0.15) is 35.6 Å². The number of hydrogen-bond donors (Lipinski definition) is 3. The van der Waals surface area contributed by atoms with E-state index in [0.29, 0.717) is 6.20 Å². The molecule has 2 unspecified atom stereocenters. The predicted molar refractivity (Wildman–Crippen MR) is 95.5 cm³/mol. The van der Waals surface area contributed by atoms with Crippen molar-refractivity contribution in [3.63, 3.8) is 0 Å². The van der Waals surface area contributed by atoms with Crippen LogP contribution in [0.4, 0.5) is 42.4 Å². The van der Waals surface area contributed by atoms with Crippen LogP contribution < -0.4 is 10.2 Å². The summed E-state index contributed by atoms with van der Waals surface area (Å²) in [7, 11) is 0. The number of aromatic amines is 1. The van der Waals surface area contributed by atoms with Gasteiger partial charge >= 0.3 is 12.4 Å². The lowest BCUT2D eigenvalue weighted by atomic mass is 9.80. The summed E-state index contributed by atoms with van der Waals surface area (Å²) in [6.07, 6.45) is -12.2. The Bertz CT molecular complexity index is 1010. The normalized spacial score (nSPS) is 24.9. The zero-order valence-electron chi connectivity index (χ0n) is 16.1. The van der Waals surface area contributed by atoms with Gasteiger partial charge in [-0.1, -0.05) is 0 Å². The van der Waals surface area contributed by atoms with Gasteiger partial charge in [0, 0.05) is 30.9 Å². The molecule has 3 N–H and O–H groups in total. The van der Waals surface area contributed by atoms with E-state index in [4.69, 9.17) is 0 Å². The zero-order valence-corrected chi connectivity index (χ0v) is 16.1. The fourth-order valence-electron chi connectivity index (χ4n) is 4.05. The summed E-state index contributed by atoms with van der Waals surface area (Å²) < 4.78 is 93.3. The summed E-state index contributed by atoms with van der Waals surface area (Å²) in [4.78, 5) is 17.1. The van der Waals surface area contributed by atoms with Gasteiger partial charge in [-0.2, -0.15) is 31.4 Å². The molecule has 1 saturated heterocycles. The molecule has 0 spiro atoms. The second-order valence-corrected chi connectivity index (χ2v) is 7.64. The second kappa shape index (κ2) is 7.32. The van der Waals surface area contributed by atoms with E-state index in [1.807, 2.05) is 5.32 Å². The van der Waals surface area contributed by atoms with E-state index >= 15 is 0 Å². The molecule has 1 amide bonds. The highest BCUT2D eigenvalue weighted by molar-refractivity contribution is 5.98. The SMILES string of the molecule is O=C1Nc2n[nH]c(C3CCN(c4ccc(C(F)(F)F)cn4)CC3)c2C(O)(C(F)(F)F)C1F. The number of nitrogens with zero attached hydrogens (tertiary/aromatic N) is 3. The fraction of sp³-hybridized carbons (Fsp3) is 0.500. The number of carbonyl (C=O) groups excluding carboxylic acids is 1. The minimum atomic E-state index is -5.48. The molecule has 4 heterocycles. The predicted octanol–water partition coefficient (Wildman–Crippen LogP) is 3.25. The zero-order chi connectivity index (χ0) is 23.5. The quantitative estimate of drug-likeness (QED) is 0.590. The molecule has 2 aliphatic heterocycles. The standard InChI is InChI=1S/C18H16F7N5O2/c19-13-15(31)27-14-11(16(13,32)18(23,24)25)12(28-29-14)8-3-5-30(6-4-8)10-2-1-9(7-26-10)17(20,21)22/h1-2,7-8,13,32H,3-6H2,(H2,27,28,29,31). The summed E-state index contributed by atoms with van der Waals surface area (Å²) in [5.41, 5.74) is -5.97. The number of aliphatic hydroxyl groups is 1. The number of nitrogens with one attached hydrogen (secondary N) is 2. The smallest absolute Gasteiger partial charge is 0.374 e. The van der Waals surface area contributed by atoms with Crippen LogP contribution in [0, 0.1) is 0 Å². The Morgan fingerprint density at radius 1 is 1.12 bits per heavy atom. The Morgan fingerprint density at radius 2 is 1.78 bits per heavy atom. The molecule has 14 heteroatoms. The van der Waals surface area contributed by atoms with Crippen LogP contribution in [0.15, 0.2) is 18.3 Å². The third-order valence-electron chi connectivity index (χ3n) is 5.75. The largest absolute Gasteiger partial charge is 0.425 e. The lowest BCUT2D eigenvalue weighted by Gasteiger charge is -2.38. The van der Waals surface area contributed by atoms with Crippen molar-refractivity contribution in [2.45, 2.75) is 42.9 Å². The maximum Gasteiger partial charge on any atom is 0.425 e. The van der Waals surface area contributed by atoms with Crippen molar-refractivity contribution in [2.24, 2.45) is 0 Å². The number of piperidine rings is 1. The molecule has 174 valence electrons. The number of pyridine rings is 1. The van der Waals surface area contributed by atoms with Gasteiger partial charge in [-0.05, 0) is 25.0 Å². The molecule has 2 aliphatic rings. The van der Waals surface area contributed by atoms with Crippen LogP contribution in [0.2, 0.25) is 0 Å². The number of anilines is 2. The molecule has 0 radical (unpaired) electrons. The van der Waals surface area contributed by atoms with Crippen molar-refractivity contribution in [1.29, 1.82) is 0 Å². The van der Waals surface area contributed by atoms with E-state index in [0.717, 1.165) is 6.07 Å². The van der Waals surface area contributed by atoms with Gasteiger partial charge in [0.2, 0.25) is 11.8 Å². The molecule has 1 fully saturated rings. The number of fused-ring (bicyclic) bond motifs is 1. The number of carbonyl (C=O) groups is 1. The Labute approximate surface area is 175 Å². The van der Waals surface area contributed by atoms with Crippen LogP contribution in [0.3, 0.4) is 0 Å². The summed E-state index contributed by atoms with van der Waals surface area (Å²) in [6.45, 7) is 0.458. The summed E-state index contributed by atoms with van der Waals surface area (Å²) in [5, 5.41) is 18.2. The molecule has 2 aromatic rings. The van der Waals surface area contributed by atoms with Gasteiger partial charge in [0.15, 0.2) is 5.82 Å². The Kier molecular flexibility index (Phi) is 5.10. The van der Waals surface area contributed by atoms with Crippen molar-refractivity contribution in [2.75, 3.05) is 23.3 Å². The van der Waals surface area contributed by atoms with E-state index in [9.17, 15) is 40.6 Å². The van der Waals surface area contributed by atoms with E-state index in [2.05, 4.69) is 15.2 Å². The van der Waals surface area contributed by atoms with E-state index < -0.39 is 52.9 Å². The Morgan fingerprint density at radius 3 is 2.31 bits per heavy atom. The van der Waals surface area contributed by atoms with Crippen molar-refractivity contribution in [1.82, 2.24) is 15.2 Å². The number of hydrogen-bond acceptors (Lipinski definition) is 5. The van der Waals surface area contributed by atoms with Gasteiger partial charge in [0.1, 0.15) is 5.82 Å². The van der Waals surface area contributed by atoms with Crippen LogP contribution in [0.25, 0.3) is 0 Å². The molecule has 2 atom stereocenters. The first-order chi connectivity index (χ1) is 14.8. The summed E-state index contributed by atoms with van der Waals surface area (Å²) in [5.74, 6) is -2.58. The summed E-state index contributed by atoms with van der Waals surface area (Å²) in [6, 6.07) is 2.08. The molecule has 4 rings (SSSR count). The van der Waals surface area contributed by atoms with E-state index in [-0.39, 0.29) is 37.4 Å². The molecule has 0 bridgehead atoms. The second-order valence-electron chi connectivity index (χ2n) is 7.64. The molecule has 0 saturated carbocycles. The highest BCUT2D eigenvalue weighted by Crippen LogP contribution is 2.50. The molecule has 7 nitrogen and oxygen atoms in total. The van der Waals surface area contributed by atoms with Crippen molar-refractivity contribution in [3.8, 4) is 0 Å². The van der Waals surface area contributed by atoms with Crippen molar-refractivity contribution in [3.05, 3.63) is 35.2 Å². The van der Waals surface area contributed by atoms with Crippen LogP contribution in [-0.2, 0) is 16.6 Å². The maximum absolute atomic E-state index is 14.3. The Hall–Kier alpha value is -2.90. The number of amides is 1. The molecular formula is C18H16F7N5O2. The minimum absolute atomic E-state index is 0.150. The highest BCUT2D eigenvalue weighted by Gasteiger charge is 2.67. The van der Waals surface area contributed by atoms with Gasteiger partial charge in [0.25, 0.3) is 5.91 Å². The molecule has 2 aromatic heterocycles. The fourth-order valence-corrected chi connectivity index (χ4v) is 4.05. The third kappa shape index (κ3) is 3.45. The average Bonchev–Trinajstić information content (AvgIpc) is 3.15. The number of alkyl halides is 7. The van der Waals surface area contributed by atoms with Crippen LogP contribution in [-0.4, -0.2) is 51.6 Å². The lowest BCUT2D eigenvalue weighted by Crippen LogP contribution is -2.57. The lowest BCUT2D eigenvalue weighted by molar-refractivity contribution is -0.284. The first-order valence-electron chi connectivity index (χ1n) is 9.45. The average molecular weight is 467 g/mol. The number of rotatable bonds is 2. The molecule has 32 heavy (non-hydrogen) atoms. The first-order valence-corrected chi connectivity index (χ1v) is 9.45. The molecular weight excluding hydrogens is 451 g/mol. The monoisotopic (exact) mass is 467 g/mol. The van der Waals surface area contributed by atoms with Gasteiger partial charge < -0.3 is 15.3 Å². The van der Waals surface area contributed by atoms with Gasteiger partial charge in [-0.3, -0.25) is 9.89 Å². The van der Waals surface area contributed by atoms with Crippen LogP contribution in [0.5, 0.6) is 0 Å². The van der Waals surface area contributed by atoms with Gasteiger partial charge in [-0.15, -0.1) is 0 Å².